The molecule has 28 heavy (non-hydrogen) atoms. The molecule has 2 aromatic rings. The highest BCUT2D eigenvalue weighted by molar-refractivity contribution is 7.89. The lowest BCUT2D eigenvalue weighted by Crippen LogP contribution is -2.41. The number of rotatable bonds is 8. The number of nitrogens with one attached hydrogen (secondary N) is 2. The number of carbonyl (C=O) groups is 2. The van der Waals surface area contributed by atoms with E-state index >= 15 is 0 Å². The van der Waals surface area contributed by atoms with Gasteiger partial charge >= 0.3 is 5.97 Å². The molecule has 9 nitrogen and oxygen atoms in total. The van der Waals surface area contributed by atoms with Crippen LogP contribution >= 0.6 is 0 Å². The first-order chi connectivity index (χ1) is 13.3. The van der Waals surface area contributed by atoms with Gasteiger partial charge in [-0.25, -0.2) is 13.2 Å². The molecule has 0 fully saturated rings. The van der Waals surface area contributed by atoms with Crippen LogP contribution in [-0.2, 0) is 14.8 Å². The van der Waals surface area contributed by atoms with Crippen molar-refractivity contribution in [3.63, 3.8) is 0 Å². The Balaban J connectivity index is 2.08. The van der Waals surface area contributed by atoms with Crippen molar-refractivity contribution in [2.24, 2.45) is 0 Å². The number of sulfonamides is 1. The molecule has 1 amide bonds. The number of methoxy groups -OCH3 is 2. The number of esters is 1. The lowest BCUT2D eigenvalue weighted by atomic mass is 10.2. The fourth-order valence-corrected chi connectivity index (χ4v) is 3.05. The molecule has 0 aromatic heterocycles. The van der Waals surface area contributed by atoms with E-state index in [1.54, 1.807) is 6.92 Å². The number of benzene rings is 2. The van der Waals surface area contributed by atoms with Gasteiger partial charge in [0, 0.05) is 5.56 Å². The van der Waals surface area contributed by atoms with Gasteiger partial charge in [-0.15, -0.1) is 4.83 Å². The summed E-state index contributed by atoms with van der Waals surface area (Å²) in [5.74, 6) is -0.484. The van der Waals surface area contributed by atoms with Gasteiger partial charge in [0.15, 0.2) is 11.5 Å². The topological polar surface area (TPSA) is 120 Å². The molecule has 0 bridgehead atoms. The normalized spacial score (nSPS) is 10.8. The third kappa shape index (κ3) is 4.99. The van der Waals surface area contributed by atoms with Gasteiger partial charge in [0.1, 0.15) is 0 Å². The minimum atomic E-state index is -4.04. The summed E-state index contributed by atoms with van der Waals surface area (Å²) in [4.78, 5) is 25.7. The molecule has 2 aromatic carbocycles. The number of hydrogen-bond donors (Lipinski definition) is 2. The van der Waals surface area contributed by atoms with E-state index in [0.29, 0.717) is 11.5 Å². The van der Waals surface area contributed by atoms with Gasteiger partial charge in [-0.05, 0) is 49.4 Å². The predicted octanol–water partition coefficient (Wildman–Crippen LogP) is 1.50. The van der Waals surface area contributed by atoms with Crippen LogP contribution in [0.5, 0.6) is 11.5 Å². The Morgan fingerprint density at radius 3 is 2.11 bits per heavy atom. The number of ether oxygens (including phenoxy) is 3. The predicted molar refractivity (Wildman–Crippen MR) is 99.7 cm³/mol. The Morgan fingerprint density at radius 1 is 0.929 bits per heavy atom. The zero-order valence-electron chi connectivity index (χ0n) is 15.5. The van der Waals surface area contributed by atoms with Crippen LogP contribution in [0.2, 0.25) is 0 Å². The summed E-state index contributed by atoms with van der Waals surface area (Å²) in [6.07, 6.45) is 0. The van der Waals surface area contributed by atoms with Crippen molar-refractivity contribution in [1.82, 2.24) is 10.3 Å². The van der Waals surface area contributed by atoms with Crippen LogP contribution in [-0.4, -0.2) is 41.1 Å². The fourth-order valence-electron chi connectivity index (χ4n) is 2.21. The van der Waals surface area contributed by atoms with Crippen molar-refractivity contribution in [2.45, 2.75) is 11.8 Å². The smallest absolute Gasteiger partial charge is 0.338 e. The van der Waals surface area contributed by atoms with Gasteiger partial charge in [-0.2, -0.15) is 0 Å². The molecule has 0 spiro atoms. The van der Waals surface area contributed by atoms with Gasteiger partial charge in [-0.1, -0.05) is 0 Å². The molecule has 10 heteroatoms. The van der Waals surface area contributed by atoms with Gasteiger partial charge in [0.25, 0.3) is 15.9 Å². The Bertz CT molecular complexity index is 956. The van der Waals surface area contributed by atoms with Crippen molar-refractivity contribution in [1.29, 1.82) is 0 Å². The Labute approximate surface area is 162 Å². The highest BCUT2D eigenvalue weighted by Gasteiger charge is 2.18. The molecule has 0 atom stereocenters. The molecule has 0 aliphatic rings. The maximum absolute atomic E-state index is 12.3. The molecular formula is C18H20N2O7S. The number of hydrogen-bond acceptors (Lipinski definition) is 7. The zero-order chi connectivity index (χ0) is 20.7. The summed E-state index contributed by atoms with van der Waals surface area (Å²) in [6.45, 7) is 1.88. The van der Waals surface area contributed by atoms with E-state index in [1.165, 1.54) is 56.7 Å². The summed E-state index contributed by atoms with van der Waals surface area (Å²) in [7, 11) is -1.16. The minimum Gasteiger partial charge on any atom is -0.493 e. The quantitative estimate of drug-likeness (QED) is 0.502. The third-order valence-corrected chi connectivity index (χ3v) is 4.88. The first-order valence-corrected chi connectivity index (χ1v) is 9.62. The standard InChI is InChI=1S/C18H20N2O7S/c1-4-27-18(22)12-5-8-14(9-6-12)28(23,24)20-19-17(21)13-7-10-15(25-2)16(11-13)26-3/h5-11,20H,4H2,1-3H3,(H,19,21). The van der Waals surface area contributed by atoms with Crippen LogP contribution < -0.4 is 19.7 Å². The van der Waals surface area contributed by atoms with Gasteiger partial charge < -0.3 is 14.2 Å². The number of carbonyl (C=O) groups excluding carboxylic acids is 2. The van der Waals surface area contributed by atoms with Crippen LogP contribution in [0.3, 0.4) is 0 Å². The second kappa shape index (κ2) is 9.20. The van der Waals surface area contributed by atoms with Crippen LogP contribution in [0, 0.1) is 0 Å². The average Bonchev–Trinajstić information content (AvgIpc) is 2.71. The highest BCUT2D eigenvalue weighted by Crippen LogP contribution is 2.27. The SMILES string of the molecule is CCOC(=O)c1ccc(S(=O)(=O)NNC(=O)c2ccc(OC)c(OC)c2)cc1. The molecular weight excluding hydrogens is 388 g/mol. The second-order valence-electron chi connectivity index (χ2n) is 5.37. The Kier molecular flexibility index (Phi) is 6.96. The maximum Gasteiger partial charge on any atom is 0.338 e. The van der Waals surface area contributed by atoms with Crippen LogP contribution in [0.4, 0.5) is 0 Å². The van der Waals surface area contributed by atoms with E-state index in [9.17, 15) is 18.0 Å². The summed E-state index contributed by atoms with van der Waals surface area (Å²) >= 11 is 0. The Hall–Kier alpha value is -3.11. The van der Waals surface area contributed by atoms with Crippen molar-refractivity contribution in [3.05, 3.63) is 53.6 Å². The zero-order valence-corrected chi connectivity index (χ0v) is 16.3. The lowest BCUT2D eigenvalue weighted by molar-refractivity contribution is 0.0526. The van der Waals surface area contributed by atoms with Crippen LogP contribution in [0.15, 0.2) is 47.4 Å². The third-order valence-electron chi connectivity index (χ3n) is 3.62. The highest BCUT2D eigenvalue weighted by atomic mass is 32.2. The van der Waals surface area contributed by atoms with E-state index in [2.05, 4.69) is 5.43 Å². The van der Waals surface area contributed by atoms with Crippen molar-refractivity contribution in [2.75, 3.05) is 20.8 Å². The fraction of sp³-hybridized carbons (Fsp3) is 0.222. The molecule has 0 saturated heterocycles. The van der Waals surface area contributed by atoms with Gasteiger partial charge in [0.05, 0.1) is 31.3 Å². The van der Waals surface area contributed by atoms with E-state index in [-0.39, 0.29) is 22.6 Å². The first kappa shape index (κ1) is 21.2. The van der Waals surface area contributed by atoms with Crippen molar-refractivity contribution >= 4 is 21.9 Å². The van der Waals surface area contributed by atoms with E-state index in [1.807, 2.05) is 4.83 Å². The first-order valence-electron chi connectivity index (χ1n) is 8.13. The van der Waals surface area contributed by atoms with Crippen molar-refractivity contribution in [3.8, 4) is 11.5 Å². The van der Waals surface area contributed by atoms with E-state index in [0.717, 1.165) is 0 Å². The van der Waals surface area contributed by atoms with Crippen molar-refractivity contribution < 1.29 is 32.2 Å². The molecule has 0 aliphatic carbocycles. The molecule has 0 unspecified atom stereocenters. The number of hydrazine groups is 1. The second-order valence-corrected chi connectivity index (χ2v) is 7.06. The van der Waals surface area contributed by atoms with Gasteiger partial charge in [-0.3, -0.25) is 10.2 Å². The maximum atomic E-state index is 12.3. The summed E-state index contributed by atoms with van der Waals surface area (Å²) in [5, 5.41) is 0. The summed E-state index contributed by atoms with van der Waals surface area (Å²) in [5.41, 5.74) is 2.50. The number of amides is 1. The van der Waals surface area contributed by atoms with E-state index in [4.69, 9.17) is 14.2 Å². The molecule has 150 valence electrons. The lowest BCUT2D eigenvalue weighted by Gasteiger charge is -2.11. The molecule has 0 saturated carbocycles. The molecule has 2 rings (SSSR count). The van der Waals surface area contributed by atoms with Crippen LogP contribution in [0.1, 0.15) is 27.6 Å². The summed E-state index contributed by atoms with van der Waals surface area (Å²) < 4.78 is 39.7. The average molecular weight is 408 g/mol. The van der Waals surface area contributed by atoms with Crippen LogP contribution in [0.25, 0.3) is 0 Å². The van der Waals surface area contributed by atoms with E-state index < -0.39 is 21.9 Å². The Morgan fingerprint density at radius 2 is 1.54 bits per heavy atom. The molecule has 0 aliphatic heterocycles. The largest absolute Gasteiger partial charge is 0.493 e. The van der Waals surface area contributed by atoms with Gasteiger partial charge in [0.2, 0.25) is 0 Å². The monoisotopic (exact) mass is 408 g/mol. The molecule has 0 radical (unpaired) electrons. The minimum absolute atomic E-state index is 0.131. The summed E-state index contributed by atoms with van der Waals surface area (Å²) in [6, 6.07) is 9.51. The molecule has 0 heterocycles. The molecule has 2 N–H and O–H groups in total.